The second-order valence-corrected chi connectivity index (χ2v) is 5.08. The Morgan fingerprint density at radius 3 is 3.00 bits per heavy atom. The van der Waals surface area contributed by atoms with Gasteiger partial charge in [0.25, 0.3) is 0 Å². The molecule has 4 atom stereocenters. The minimum absolute atomic E-state index is 0.0696. The number of aliphatic hydroxyl groups excluding tert-OH is 2. The third-order valence-corrected chi connectivity index (χ3v) is 3.78. The van der Waals surface area contributed by atoms with Gasteiger partial charge in [0.15, 0.2) is 17.7 Å². The lowest BCUT2D eigenvalue weighted by Crippen LogP contribution is -2.43. The quantitative estimate of drug-likeness (QED) is 0.435. The Labute approximate surface area is 127 Å². The van der Waals surface area contributed by atoms with Crippen molar-refractivity contribution in [1.29, 1.82) is 0 Å². The Morgan fingerprint density at radius 2 is 2.35 bits per heavy atom. The standard InChI is InChI=1S/C12H12F2N6O3/c13-5-3-7(20-9(5)6(15)1-2-17-20)10-8(14)11(22)12(4-21,23-10)18-19-16/h1-3,8,10-11,21-22H,4,15H2/t8-,10-,11-,12+/m0/s1. The van der Waals surface area contributed by atoms with Crippen molar-refractivity contribution >= 4 is 11.2 Å². The van der Waals surface area contributed by atoms with E-state index < -0.39 is 36.5 Å². The molecule has 1 fully saturated rings. The average molecular weight is 326 g/mol. The van der Waals surface area contributed by atoms with Crippen molar-refractivity contribution in [3.05, 3.63) is 40.3 Å². The van der Waals surface area contributed by atoms with Gasteiger partial charge in [0.1, 0.15) is 17.7 Å². The van der Waals surface area contributed by atoms with Crippen LogP contribution in [0.3, 0.4) is 0 Å². The van der Waals surface area contributed by atoms with E-state index in [-0.39, 0.29) is 16.9 Å². The number of halogens is 2. The lowest BCUT2D eigenvalue weighted by molar-refractivity contribution is -0.108. The number of azide groups is 1. The van der Waals surface area contributed by atoms with E-state index in [1.165, 1.54) is 12.3 Å². The molecule has 2 aromatic rings. The van der Waals surface area contributed by atoms with E-state index in [1.54, 1.807) is 0 Å². The average Bonchev–Trinajstić information content (AvgIpc) is 2.99. The molecule has 1 saturated heterocycles. The van der Waals surface area contributed by atoms with Crippen LogP contribution in [0.2, 0.25) is 0 Å². The Bertz CT molecular complexity index is 807. The largest absolute Gasteiger partial charge is 0.397 e. The molecule has 3 heterocycles. The molecule has 9 nitrogen and oxygen atoms in total. The number of nitrogen functional groups attached to an aromatic ring is 1. The number of nitrogens with zero attached hydrogens (tertiary/aromatic N) is 5. The Balaban J connectivity index is 2.13. The summed E-state index contributed by atoms with van der Waals surface area (Å²) in [4.78, 5) is 2.45. The molecule has 23 heavy (non-hydrogen) atoms. The maximum Gasteiger partial charge on any atom is 0.199 e. The van der Waals surface area contributed by atoms with E-state index in [0.717, 1.165) is 10.6 Å². The van der Waals surface area contributed by atoms with Gasteiger partial charge in [0.05, 0.1) is 18.0 Å². The van der Waals surface area contributed by atoms with Gasteiger partial charge in [-0.2, -0.15) is 5.10 Å². The number of anilines is 1. The summed E-state index contributed by atoms with van der Waals surface area (Å²) >= 11 is 0. The van der Waals surface area contributed by atoms with Crippen LogP contribution >= 0.6 is 0 Å². The van der Waals surface area contributed by atoms with Crippen LogP contribution in [-0.2, 0) is 4.74 Å². The lowest BCUT2D eigenvalue weighted by Gasteiger charge is -2.23. The Morgan fingerprint density at radius 1 is 1.61 bits per heavy atom. The SMILES string of the molecule is [N-]=[N+]=N[C@]1(CO)O[C@@H](c2cc(F)c3c(N)ccnn23)[C@H](F)[C@@H]1O. The number of hydrogen-bond acceptors (Lipinski definition) is 6. The summed E-state index contributed by atoms with van der Waals surface area (Å²) in [5.74, 6) is -0.749. The second kappa shape index (κ2) is 5.32. The predicted molar refractivity (Wildman–Crippen MR) is 73.3 cm³/mol. The molecule has 4 N–H and O–H groups in total. The number of fused-ring (bicyclic) bond motifs is 1. The highest BCUT2D eigenvalue weighted by atomic mass is 19.1. The van der Waals surface area contributed by atoms with Crippen LogP contribution in [0.15, 0.2) is 23.4 Å². The molecule has 0 radical (unpaired) electrons. The molecule has 0 unspecified atom stereocenters. The fourth-order valence-corrected chi connectivity index (χ4v) is 2.65. The molecule has 2 aromatic heterocycles. The van der Waals surface area contributed by atoms with Gasteiger partial charge in [-0.15, -0.1) is 0 Å². The smallest absolute Gasteiger partial charge is 0.199 e. The van der Waals surface area contributed by atoms with E-state index in [4.69, 9.17) is 16.0 Å². The maximum atomic E-state index is 14.4. The topological polar surface area (TPSA) is 142 Å². The number of ether oxygens (including phenoxy) is 1. The third kappa shape index (κ3) is 2.10. The van der Waals surface area contributed by atoms with E-state index >= 15 is 0 Å². The minimum Gasteiger partial charge on any atom is -0.397 e. The summed E-state index contributed by atoms with van der Waals surface area (Å²) in [5.41, 5.74) is 12.0. The highest BCUT2D eigenvalue weighted by Gasteiger charge is 2.56. The molecule has 11 heteroatoms. The van der Waals surface area contributed by atoms with Crippen molar-refractivity contribution in [1.82, 2.24) is 9.61 Å². The number of nitrogens with two attached hydrogens (primary N) is 1. The highest BCUT2D eigenvalue weighted by Crippen LogP contribution is 2.43. The van der Waals surface area contributed by atoms with Crippen LogP contribution < -0.4 is 5.73 Å². The van der Waals surface area contributed by atoms with E-state index in [1.807, 2.05) is 0 Å². The lowest BCUT2D eigenvalue weighted by atomic mass is 10.0. The number of rotatable bonds is 3. The zero-order chi connectivity index (χ0) is 16.8. The summed E-state index contributed by atoms with van der Waals surface area (Å²) in [6.07, 6.45) is -4.22. The fourth-order valence-electron chi connectivity index (χ4n) is 2.65. The molecule has 1 aliphatic heterocycles. The number of alkyl halides is 1. The van der Waals surface area contributed by atoms with Crippen molar-refractivity contribution in [3.8, 4) is 0 Å². The van der Waals surface area contributed by atoms with E-state index in [2.05, 4.69) is 15.1 Å². The number of aromatic nitrogens is 2. The summed E-state index contributed by atoms with van der Waals surface area (Å²) in [6, 6.07) is 2.34. The van der Waals surface area contributed by atoms with E-state index in [0.29, 0.717) is 0 Å². The van der Waals surface area contributed by atoms with Crippen LogP contribution in [0.5, 0.6) is 0 Å². The van der Waals surface area contributed by atoms with E-state index in [9.17, 15) is 19.0 Å². The first-order chi connectivity index (χ1) is 10.9. The predicted octanol–water partition coefficient (Wildman–Crippen LogP) is 0.825. The van der Waals surface area contributed by atoms with Gasteiger partial charge >= 0.3 is 0 Å². The monoisotopic (exact) mass is 326 g/mol. The normalized spacial score (nSPS) is 30.5. The van der Waals surface area contributed by atoms with Crippen molar-refractivity contribution in [2.75, 3.05) is 12.3 Å². The molecule has 0 bridgehead atoms. The zero-order valence-electron chi connectivity index (χ0n) is 11.5. The molecule has 122 valence electrons. The van der Waals surface area contributed by atoms with Crippen LogP contribution in [0.1, 0.15) is 11.8 Å². The van der Waals surface area contributed by atoms with Gasteiger partial charge in [0.2, 0.25) is 0 Å². The van der Waals surface area contributed by atoms with Gasteiger partial charge in [0, 0.05) is 17.2 Å². The Kier molecular flexibility index (Phi) is 3.57. The van der Waals surface area contributed by atoms with Crippen molar-refractivity contribution in [2.24, 2.45) is 5.11 Å². The molecular formula is C12H12F2N6O3. The molecule has 0 saturated carbocycles. The van der Waals surface area contributed by atoms with Crippen molar-refractivity contribution in [3.63, 3.8) is 0 Å². The first-order valence-corrected chi connectivity index (χ1v) is 6.54. The maximum absolute atomic E-state index is 14.4. The van der Waals surface area contributed by atoms with Crippen molar-refractivity contribution in [2.45, 2.75) is 24.1 Å². The summed E-state index contributed by atoms with van der Waals surface area (Å²) in [6.45, 7) is -0.948. The molecular weight excluding hydrogens is 314 g/mol. The van der Waals surface area contributed by atoms with Gasteiger partial charge in [-0.25, -0.2) is 13.3 Å². The number of hydrogen-bond donors (Lipinski definition) is 3. The van der Waals surface area contributed by atoms with Crippen LogP contribution in [0.25, 0.3) is 16.0 Å². The fraction of sp³-hybridized carbons (Fsp3) is 0.417. The first kappa shape index (κ1) is 15.4. The summed E-state index contributed by atoms with van der Waals surface area (Å²) in [5, 5.41) is 26.3. The molecule has 1 aliphatic rings. The van der Waals surface area contributed by atoms with Crippen LogP contribution in [0.4, 0.5) is 14.5 Å². The molecule has 0 spiro atoms. The third-order valence-electron chi connectivity index (χ3n) is 3.78. The molecule has 0 amide bonds. The number of aliphatic hydroxyl groups is 2. The first-order valence-electron chi connectivity index (χ1n) is 6.54. The Hall–Kier alpha value is -2.46. The van der Waals surface area contributed by atoms with Gasteiger partial charge in [-0.1, -0.05) is 5.11 Å². The van der Waals surface area contributed by atoms with Crippen LogP contribution in [-0.4, -0.2) is 44.4 Å². The molecule has 0 aliphatic carbocycles. The minimum atomic E-state index is -2.19. The summed E-state index contributed by atoms with van der Waals surface area (Å²) < 4.78 is 34.8. The van der Waals surface area contributed by atoms with Gasteiger partial charge in [-0.3, -0.25) is 0 Å². The zero-order valence-corrected chi connectivity index (χ0v) is 11.5. The van der Waals surface area contributed by atoms with Gasteiger partial charge in [-0.05, 0) is 11.6 Å². The van der Waals surface area contributed by atoms with Crippen LogP contribution in [0, 0.1) is 5.82 Å². The highest BCUT2D eigenvalue weighted by molar-refractivity contribution is 5.70. The van der Waals surface area contributed by atoms with Gasteiger partial charge < -0.3 is 20.7 Å². The molecule has 3 rings (SSSR count). The summed E-state index contributed by atoms with van der Waals surface area (Å²) in [7, 11) is 0. The van der Waals surface area contributed by atoms with Crippen molar-refractivity contribution < 1.29 is 23.7 Å². The molecule has 0 aromatic carbocycles. The second-order valence-electron chi connectivity index (χ2n) is 5.08.